The van der Waals surface area contributed by atoms with Gasteiger partial charge in [-0.2, -0.15) is 0 Å². The van der Waals surface area contributed by atoms with Crippen LogP contribution in [0.2, 0.25) is 0 Å². The van der Waals surface area contributed by atoms with Gasteiger partial charge in [-0.25, -0.2) is 0 Å². The molecule has 0 aliphatic heterocycles. The zero-order valence-corrected chi connectivity index (χ0v) is 28.1. The van der Waals surface area contributed by atoms with Gasteiger partial charge in [0.2, 0.25) is 0 Å². The zero-order valence-electron chi connectivity index (χ0n) is 23.1. The van der Waals surface area contributed by atoms with Crippen molar-refractivity contribution in [2.24, 2.45) is 0 Å². The van der Waals surface area contributed by atoms with E-state index < -0.39 is 23.4 Å². The summed E-state index contributed by atoms with van der Waals surface area (Å²) in [6, 6.07) is 0. The Hall–Kier alpha value is 2.10. The molecule has 0 rings (SSSR count). The molecular formula is C24H56Cl2P2Pd. The van der Waals surface area contributed by atoms with Gasteiger partial charge in [0.15, 0.2) is 0 Å². The molecule has 0 N–H and O–H groups in total. The van der Waals surface area contributed by atoms with Crippen molar-refractivity contribution < 1.29 is 12.5 Å². The van der Waals surface area contributed by atoms with Crippen molar-refractivity contribution in [3.63, 3.8) is 0 Å². The van der Waals surface area contributed by atoms with Crippen LogP contribution in [0.1, 0.15) is 125 Å². The first kappa shape index (κ1) is 31.1. The maximum atomic E-state index is 8.33. The van der Waals surface area contributed by atoms with Crippen molar-refractivity contribution >= 4 is 30.0 Å². The van der Waals surface area contributed by atoms with E-state index in [9.17, 15) is 0 Å². The molecule has 0 amide bonds. The van der Waals surface area contributed by atoms with E-state index in [0.717, 1.165) is 0 Å². The quantitative estimate of drug-likeness (QED) is 0.224. The van der Waals surface area contributed by atoms with Crippen molar-refractivity contribution in [2.45, 2.75) is 156 Å². The Morgan fingerprint density at radius 3 is 0.517 bits per heavy atom. The van der Waals surface area contributed by atoms with Crippen LogP contribution < -0.4 is 0 Å². The summed E-state index contributed by atoms with van der Waals surface area (Å²) in [6.07, 6.45) is 0. The fraction of sp³-hybridized carbons (Fsp3) is 1.00. The van der Waals surface area contributed by atoms with Crippen molar-refractivity contribution in [1.82, 2.24) is 0 Å². The molecule has 0 aromatic carbocycles. The Bertz CT molecular complexity index is 459. The van der Waals surface area contributed by atoms with Crippen LogP contribution in [0.5, 0.6) is 0 Å². The zero-order chi connectivity index (χ0) is 24.5. The minimum atomic E-state index is -3.02. The third-order valence-electron chi connectivity index (χ3n) is 6.52. The van der Waals surface area contributed by atoms with Gasteiger partial charge >= 0.3 is 198 Å². The summed E-state index contributed by atoms with van der Waals surface area (Å²) in [5.41, 5.74) is -4.70. The van der Waals surface area contributed by atoms with Gasteiger partial charge in [-0.3, -0.25) is 0 Å². The van der Waals surface area contributed by atoms with Crippen LogP contribution in [0.25, 0.3) is 0 Å². The summed E-state index contributed by atoms with van der Waals surface area (Å²) in [7, 11) is 16.7. The Morgan fingerprint density at radius 2 is 0.448 bits per heavy atom. The van der Waals surface area contributed by atoms with Crippen LogP contribution >= 0.6 is 30.0 Å². The third-order valence-corrected chi connectivity index (χ3v) is 70.5. The van der Waals surface area contributed by atoms with Crippen molar-refractivity contribution in [2.75, 3.05) is 0 Å². The molecule has 5 heteroatoms. The second-order valence-corrected chi connectivity index (χ2v) is 52.5. The average molecular weight is 584 g/mol. The molecule has 0 aromatic heterocycles. The van der Waals surface area contributed by atoms with Gasteiger partial charge in [0.25, 0.3) is 0 Å². The molecule has 29 heavy (non-hydrogen) atoms. The SMILES string of the molecule is CC(C)(C)[PH](C(C)(C)C)(C(C)(C)C)[Pd]([Cl])([Cl])[PH](C(C)(C)C)(C(C)(C)C)C(C)(C)C. The third kappa shape index (κ3) is 4.33. The second kappa shape index (κ2) is 8.10. The van der Waals surface area contributed by atoms with Gasteiger partial charge in [-0.05, 0) is 0 Å². The van der Waals surface area contributed by atoms with Gasteiger partial charge in [0.1, 0.15) is 0 Å². The molecule has 0 aliphatic rings. The number of rotatable bonds is 2. The number of hydrogen-bond donors (Lipinski definition) is 0. The monoisotopic (exact) mass is 582 g/mol. The first-order valence-electron chi connectivity index (χ1n) is 11.1. The summed E-state index contributed by atoms with van der Waals surface area (Å²) >= 11 is -3.02. The van der Waals surface area contributed by atoms with E-state index in [1.54, 1.807) is 0 Å². The van der Waals surface area contributed by atoms with Gasteiger partial charge in [0.05, 0.1) is 0 Å². The molecule has 186 valence electrons. The molecular weight excluding hydrogens is 528 g/mol. The summed E-state index contributed by atoms with van der Waals surface area (Å²) in [5, 5.41) is 0.608. The number of hydrogen-bond acceptors (Lipinski definition) is 0. The average Bonchev–Trinajstić information content (AvgIpc) is 2.12. The fourth-order valence-electron chi connectivity index (χ4n) is 8.72. The molecule has 0 nitrogen and oxygen atoms in total. The molecule has 0 radical (unpaired) electrons. The first-order valence-corrected chi connectivity index (χ1v) is 23.4. The molecule has 0 saturated carbocycles. The molecule has 0 unspecified atom stereocenters. The molecule has 0 heterocycles. The molecule has 0 spiro atoms. The van der Waals surface area contributed by atoms with Crippen LogP contribution in [0.15, 0.2) is 0 Å². The predicted molar refractivity (Wildman–Crippen MR) is 147 cm³/mol. The Balaban J connectivity index is 8.22. The standard InChI is InChI=1S/2C12H27P.2ClH.Pd/c2*1-10(2,3)13(11(4,5)6)12(7,8)9;;;/h2*1-9H3;2*1H;. The van der Waals surface area contributed by atoms with Crippen LogP contribution in [0.4, 0.5) is 0 Å². The molecule has 0 atom stereocenters. The van der Waals surface area contributed by atoms with Crippen molar-refractivity contribution in [3.8, 4) is 0 Å². The number of halogens is 2. The maximum absolute atomic E-state index is 8.33. The second-order valence-electron chi connectivity index (χ2n) is 15.1. The van der Waals surface area contributed by atoms with Crippen LogP contribution in [0.3, 0.4) is 0 Å². The van der Waals surface area contributed by atoms with E-state index in [-0.39, 0.29) is 30.9 Å². The summed E-state index contributed by atoms with van der Waals surface area (Å²) < 4.78 is 0. The van der Waals surface area contributed by atoms with E-state index >= 15 is 0 Å². The first-order chi connectivity index (χ1) is 12.0. The Labute approximate surface area is 197 Å². The van der Waals surface area contributed by atoms with E-state index in [2.05, 4.69) is 125 Å². The van der Waals surface area contributed by atoms with Crippen LogP contribution in [-0.2, 0) is 12.5 Å². The van der Waals surface area contributed by atoms with Gasteiger partial charge in [-0.15, -0.1) is 0 Å². The van der Waals surface area contributed by atoms with Crippen LogP contribution in [-0.4, -0.2) is 30.9 Å². The normalized spacial score (nSPS) is 18.6. The summed E-state index contributed by atoms with van der Waals surface area (Å²) in [6.45, 7) is 44.2. The molecule has 0 saturated heterocycles. The van der Waals surface area contributed by atoms with E-state index in [1.807, 2.05) is 0 Å². The van der Waals surface area contributed by atoms with Crippen molar-refractivity contribution in [1.29, 1.82) is 0 Å². The molecule has 0 aromatic rings. The van der Waals surface area contributed by atoms with Gasteiger partial charge in [0, 0.05) is 0 Å². The van der Waals surface area contributed by atoms with Gasteiger partial charge < -0.3 is 0 Å². The van der Waals surface area contributed by atoms with E-state index in [4.69, 9.17) is 19.1 Å². The Kier molecular flexibility index (Phi) is 8.69. The van der Waals surface area contributed by atoms with Gasteiger partial charge in [-0.1, -0.05) is 0 Å². The van der Waals surface area contributed by atoms with E-state index in [1.165, 1.54) is 0 Å². The topological polar surface area (TPSA) is 0 Å². The summed E-state index contributed by atoms with van der Waals surface area (Å²) in [4.78, 5) is 0. The predicted octanol–water partition coefficient (Wildman–Crippen LogP) is 10.6. The Morgan fingerprint density at radius 1 is 0.345 bits per heavy atom. The fourth-order valence-corrected chi connectivity index (χ4v) is 125. The summed E-state index contributed by atoms with van der Waals surface area (Å²) in [5.74, 6) is 0. The molecule has 0 fully saturated rings. The minimum absolute atomic E-state index is 0.101. The van der Waals surface area contributed by atoms with Crippen LogP contribution in [0, 0.1) is 0 Å². The van der Waals surface area contributed by atoms with E-state index in [0.29, 0.717) is 0 Å². The molecule has 0 bridgehead atoms. The van der Waals surface area contributed by atoms with Crippen molar-refractivity contribution in [3.05, 3.63) is 0 Å². The molecule has 0 aliphatic carbocycles.